The zero-order valence-electron chi connectivity index (χ0n) is 28.7. The molecule has 1 fully saturated rings. The van der Waals surface area contributed by atoms with Crippen LogP contribution >= 0.6 is 11.3 Å². The topological polar surface area (TPSA) is 145 Å². The van der Waals surface area contributed by atoms with Gasteiger partial charge in [-0.2, -0.15) is 4.31 Å². The van der Waals surface area contributed by atoms with Crippen molar-refractivity contribution in [3.05, 3.63) is 123 Å². The molecular weight excluding hydrogens is 713 g/mol. The van der Waals surface area contributed by atoms with E-state index in [9.17, 15) is 37.0 Å². The van der Waals surface area contributed by atoms with Gasteiger partial charge in [0.25, 0.3) is 0 Å². The molecule has 2 aliphatic rings. The van der Waals surface area contributed by atoms with E-state index >= 15 is 0 Å². The standard InChI is InChI=1S/C25H31F2N3O7S2.C13H12/c1-37-24(34)29-12-23(33)28-11-17-4-7-22(38-17)20(14-31)30(13-15-9-25(26,27)10-15)39(35,36)18-5-2-16-3-6-21(32)19(16)8-18;1-3-7-12(8-4-1)11-13-9-5-2-6-10-13/h2,4-5,7-8,15,20-21,31-32H,3,6,9-14H2,1H3,(H,28,33)(H,29,34);1-10H,11H2. The van der Waals surface area contributed by atoms with Crippen LogP contribution in [0.3, 0.4) is 0 Å². The first kappa shape index (κ1) is 39.0. The summed E-state index contributed by atoms with van der Waals surface area (Å²) in [6.45, 7) is -0.996. The fraction of sp³-hybridized carbons (Fsp3) is 0.368. The molecule has 1 saturated carbocycles. The SMILES string of the molecule is COC(=O)NCC(=O)NCc1ccc(C(CO)N(CC2CC(F)(F)C2)S(=O)(=O)c2ccc3c(c2)C(O)CC3)s1.c1ccc(Cc2ccccc2)cc1. The first-order valence-electron chi connectivity index (χ1n) is 16.9. The van der Waals surface area contributed by atoms with Crippen molar-refractivity contribution in [2.75, 3.05) is 26.8 Å². The maximum absolute atomic E-state index is 13.9. The lowest BCUT2D eigenvalue weighted by Gasteiger charge is -2.39. The average Bonchev–Trinajstić information content (AvgIpc) is 3.76. The molecule has 52 heavy (non-hydrogen) atoms. The minimum Gasteiger partial charge on any atom is -0.453 e. The number of alkyl halides is 2. The summed E-state index contributed by atoms with van der Waals surface area (Å²) < 4.78 is 60.5. The summed E-state index contributed by atoms with van der Waals surface area (Å²) in [6.07, 6.45) is -0.265. The van der Waals surface area contributed by atoms with Crippen LogP contribution in [-0.4, -0.2) is 67.7 Å². The van der Waals surface area contributed by atoms with E-state index in [4.69, 9.17) is 0 Å². The average molecular weight is 756 g/mol. The first-order valence-corrected chi connectivity index (χ1v) is 19.2. The van der Waals surface area contributed by atoms with Crippen molar-refractivity contribution in [2.45, 2.75) is 61.6 Å². The van der Waals surface area contributed by atoms with E-state index in [-0.39, 0.29) is 24.5 Å². The Balaban J connectivity index is 0.000000335. The molecule has 2 unspecified atom stereocenters. The van der Waals surface area contributed by atoms with Gasteiger partial charge in [0, 0.05) is 29.1 Å². The Kier molecular flexibility index (Phi) is 13.2. The number of hydrogen-bond donors (Lipinski definition) is 4. The summed E-state index contributed by atoms with van der Waals surface area (Å²) >= 11 is 1.17. The van der Waals surface area contributed by atoms with Crippen LogP contribution in [0, 0.1) is 5.92 Å². The predicted molar refractivity (Wildman–Crippen MR) is 193 cm³/mol. The number of nitrogens with zero attached hydrogens (tertiary/aromatic N) is 1. The molecule has 0 radical (unpaired) electrons. The third kappa shape index (κ3) is 10.2. The van der Waals surface area contributed by atoms with E-state index in [1.165, 1.54) is 41.7 Å². The molecule has 3 aromatic carbocycles. The molecule has 14 heteroatoms. The van der Waals surface area contributed by atoms with Gasteiger partial charge in [0.05, 0.1) is 37.3 Å². The molecule has 0 bridgehead atoms. The lowest BCUT2D eigenvalue weighted by atomic mass is 9.81. The van der Waals surface area contributed by atoms with E-state index in [2.05, 4.69) is 76.0 Å². The number of alkyl carbamates (subject to hydrolysis) is 1. The van der Waals surface area contributed by atoms with Crippen LogP contribution in [0.25, 0.3) is 0 Å². The van der Waals surface area contributed by atoms with Crippen LogP contribution in [0.1, 0.15) is 63.4 Å². The van der Waals surface area contributed by atoms with Crippen LogP contribution < -0.4 is 10.6 Å². The van der Waals surface area contributed by atoms with Crippen molar-refractivity contribution < 1.29 is 41.7 Å². The highest BCUT2D eigenvalue weighted by atomic mass is 32.2. The maximum atomic E-state index is 13.9. The van der Waals surface area contributed by atoms with Crippen LogP contribution in [0.2, 0.25) is 0 Å². The molecule has 0 aliphatic heterocycles. The molecule has 2 atom stereocenters. The summed E-state index contributed by atoms with van der Waals surface area (Å²) in [4.78, 5) is 24.1. The molecular formula is C38H43F2N3O7S2. The number of methoxy groups -OCH3 is 1. The smallest absolute Gasteiger partial charge is 0.407 e. The predicted octanol–water partition coefficient (Wildman–Crippen LogP) is 5.75. The van der Waals surface area contributed by atoms with Crippen molar-refractivity contribution in [2.24, 2.45) is 5.92 Å². The van der Waals surface area contributed by atoms with Gasteiger partial charge in [-0.25, -0.2) is 22.0 Å². The Morgan fingerprint density at radius 3 is 2.23 bits per heavy atom. The van der Waals surface area contributed by atoms with Gasteiger partial charge >= 0.3 is 6.09 Å². The Morgan fingerprint density at radius 2 is 1.63 bits per heavy atom. The summed E-state index contributed by atoms with van der Waals surface area (Å²) in [5.41, 5.74) is 4.13. The second-order valence-corrected chi connectivity index (χ2v) is 16.0. The number of carbonyl (C=O) groups excluding carboxylic acids is 2. The lowest BCUT2D eigenvalue weighted by Crippen LogP contribution is -2.46. The number of ether oxygens (including phenoxy) is 1. The number of benzene rings is 3. The second-order valence-electron chi connectivity index (χ2n) is 12.9. The van der Waals surface area contributed by atoms with E-state index in [0.717, 1.165) is 16.3 Å². The van der Waals surface area contributed by atoms with E-state index < -0.39 is 65.5 Å². The molecule has 278 valence electrons. The van der Waals surface area contributed by atoms with Crippen molar-refractivity contribution in [3.63, 3.8) is 0 Å². The molecule has 4 aromatic rings. The number of sulfonamides is 1. The van der Waals surface area contributed by atoms with Gasteiger partial charge in [-0.1, -0.05) is 66.7 Å². The molecule has 1 aromatic heterocycles. The number of nitrogens with one attached hydrogen (secondary N) is 2. The number of halogens is 2. The Bertz CT molecular complexity index is 1860. The van der Waals surface area contributed by atoms with Gasteiger partial charge in [-0.15, -0.1) is 11.3 Å². The zero-order valence-corrected chi connectivity index (χ0v) is 30.3. The van der Waals surface area contributed by atoms with E-state index in [0.29, 0.717) is 28.2 Å². The van der Waals surface area contributed by atoms with Crippen molar-refractivity contribution >= 4 is 33.4 Å². The van der Waals surface area contributed by atoms with Crippen LogP contribution in [0.5, 0.6) is 0 Å². The minimum absolute atomic E-state index is 0.0751. The number of aliphatic hydroxyl groups is 2. The third-order valence-electron chi connectivity index (χ3n) is 9.05. The number of aliphatic hydroxyl groups excluding tert-OH is 2. The fourth-order valence-electron chi connectivity index (χ4n) is 6.31. The molecule has 4 N–H and O–H groups in total. The number of fused-ring (bicyclic) bond motifs is 1. The number of thiophene rings is 1. The zero-order chi connectivity index (χ0) is 37.3. The molecule has 0 saturated heterocycles. The lowest BCUT2D eigenvalue weighted by molar-refractivity contribution is -0.120. The molecule has 6 rings (SSSR count). The summed E-state index contributed by atoms with van der Waals surface area (Å²) in [7, 11) is -3.07. The number of amides is 2. The largest absolute Gasteiger partial charge is 0.453 e. The van der Waals surface area contributed by atoms with Gasteiger partial charge in [-0.3, -0.25) is 4.79 Å². The highest BCUT2D eigenvalue weighted by Gasteiger charge is 2.48. The van der Waals surface area contributed by atoms with Crippen molar-refractivity contribution in [1.29, 1.82) is 0 Å². The molecule has 0 spiro atoms. The van der Waals surface area contributed by atoms with E-state index in [1.807, 2.05) is 0 Å². The van der Waals surface area contributed by atoms with E-state index in [1.54, 1.807) is 18.2 Å². The highest BCUT2D eigenvalue weighted by Crippen LogP contribution is 2.45. The number of rotatable bonds is 13. The molecule has 2 aliphatic carbocycles. The van der Waals surface area contributed by atoms with Crippen molar-refractivity contribution in [1.82, 2.24) is 14.9 Å². The number of aryl methyl sites for hydroxylation is 1. The summed E-state index contributed by atoms with van der Waals surface area (Å²) in [5, 5.41) is 25.5. The Morgan fingerprint density at radius 1 is 0.981 bits per heavy atom. The normalized spacial score (nSPS) is 16.9. The quantitative estimate of drug-likeness (QED) is 0.136. The molecule has 2 amide bonds. The number of carbonyl (C=O) groups is 2. The van der Waals surface area contributed by atoms with Gasteiger partial charge in [0.2, 0.25) is 21.9 Å². The summed E-state index contributed by atoms with van der Waals surface area (Å²) in [6, 6.07) is 27.9. The third-order valence-corrected chi connectivity index (χ3v) is 12.1. The molecule has 1 heterocycles. The Labute approximate surface area is 306 Å². The maximum Gasteiger partial charge on any atom is 0.407 e. The van der Waals surface area contributed by atoms with Gasteiger partial charge in [0.15, 0.2) is 0 Å². The van der Waals surface area contributed by atoms with Gasteiger partial charge < -0.3 is 25.6 Å². The summed E-state index contributed by atoms with van der Waals surface area (Å²) in [5.74, 6) is -3.89. The minimum atomic E-state index is -4.25. The highest BCUT2D eigenvalue weighted by molar-refractivity contribution is 7.89. The van der Waals surface area contributed by atoms with Crippen molar-refractivity contribution in [3.8, 4) is 0 Å². The second kappa shape index (κ2) is 17.5. The first-order chi connectivity index (χ1) is 24.9. The fourth-order valence-corrected chi connectivity index (χ4v) is 9.14. The van der Waals surface area contributed by atoms with Gasteiger partial charge in [-0.05, 0) is 71.7 Å². The molecule has 10 nitrogen and oxygen atoms in total. The van der Waals surface area contributed by atoms with Crippen LogP contribution in [0.4, 0.5) is 13.6 Å². The monoisotopic (exact) mass is 755 g/mol. The van der Waals surface area contributed by atoms with Crippen LogP contribution in [0.15, 0.2) is 95.9 Å². The number of hydrogen-bond acceptors (Lipinski definition) is 8. The van der Waals surface area contributed by atoms with Gasteiger partial charge in [0.1, 0.15) is 6.54 Å². The van der Waals surface area contributed by atoms with Crippen LogP contribution in [-0.2, 0) is 38.9 Å². The Hall–Kier alpha value is -4.21.